The SMILES string of the molecule is Cc1ccc(N2C(=O)C(=O)/C(=C(\O)c3ccc4c(c3)CCCC4)C2c2cccc(OCC(C)C)c2)cc1. The van der Waals surface area contributed by atoms with Crippen molar-refractivity contribution in [2.75, 3.05) is 11.5 Å². The summed E-state index contributed by atoms with van der Waals surface area (Å²) in [6.45, 7) is 6.68. The third-order valence-electron chi connectivity index (χ3n) is 7.14. The van der Waals surface area contributed by atoms with E-state index in [-0.39, 0.29) is 11.3 Å². The van der Waals surface area contributed by atoms with Gasteiger partial charge in [0.15, 0.2) is 0 Å². The molecule has 1 heterocycles. The molecule has 1 saturated heterocycles. The fourth-order valence-electron chi connectivity index (χ4n) is 5.19. The van der Waals surface area contributed by atoms with Crippen molar-refractivity contribution < 1.29 is 19.4 Å². The highest BCUT2D eigenvalue weighted by atomic mass is 16.5. The number of aliphatic hydroxyl groups excluding tert-OH is 1. The molecule has 0 saturated carbocycles. The molecular weight excluding hydrogens is 462 g/mol. The van der Waals surface area contributed by atoms with E-state index in [2.05, 4.69) is 13.8 Å². The Bertz CT molecular complexity index is 1370. The van der Waals surface area contributed by atoms with Gasteiger partial charge in [-0.2, -0.15) is 0 Å². The Balaban J connectivity index is 1.65. The second-order valence-electron chi connectivity index (χ2n) is 10.5. The number of rotatable bonds is 6. The Hall–Kier alpha value is -3.86. The van der Waals surface area contributed by atoms with Gasteiger partial charge in [0.1, 0.15) is 11.5 Å². The van der Waals surface area contributed by atoms with Gasteiger partial charge < -0.3 is 9.84 Å². The summed E-state index contributed by atoms with van der Waals surface area (Å²) in [6.07, 6.45) is 4.25. The molecule has 1 N–H and O–H groups in total. The summed E-state index contributed by atoms with van der Waals surface area (Å²) in [6, 6.07) is 20.1. The smallest absolute Gasteiger partial charge is 0.300 e. The third-order valence-corrected chi connectivity index (χ3v) is 7.14. The Morgan fingerprint density at radius 2 is 1.70 bits per heavy atom. The maximum Gasteiger partial charge on any atom is 0.300 e. The molecule has 3 aromatic rings. The number of Topliss-reactive ketones (excluding diaryl/α,β-unsaturated/α-hetero) is 1. The molecule has 0 aromatic heterocycles. The molecule has 5 nitrogen and oxygen atoms in total. The van der Waals surface area contributed by atoms with Crippen LogP contribution in [0.2, 0.25) is 0 Å². The second kappa shape index (κ2) is 10.3. The molecule has 190 valence electrons. The van der Waals surface area contributed by atoms with Gasteiger partial charge >= 0.3 is 0 Å². The first kappa shape index (κ1) is 24.8. The summed E-state index contributed by atoms with van der Waals surface area (Å²) in [5.74, 6) is -0.462. The maximum atomic E-state index is 13.5. The fourth-order valence-corrected chi connectivity index (χ4v) is 5.19. The number of ketones is 1. The summed E-state index contributed by atoms with van der Waals surface area (Å²) >= 11 is 0. The average Bonchev–Trinajstić information content (AvgIpc) is 3.17. The number of ether oxygens (including phenoxy) is 1. The van der Waals surface area contributed by atoms with Gasteiger partial charge in [0, 0.05) is 11.3 Å². The number of carbonyl (C=O) groups is 2. The van der Waals surface area contributed by atoms with Gasteiger partial charge in [0.25, 0.3) is 11.7 Å². The van der Waals surface area contributed by atoms with Crippen LogP contribution in [-0.4, -0.2) is 23.4 Å². The van der Waals surface area contributed by atoms with E-state index in [1.54, 1.807) is 0 Å². The van der Waals surface area contributed by atoms with E-state index < -0.39 is 17.7 Å². The van der Waals surface area contributed by atoms with E-state index >= 15 is 0 Å². The molecule has 1 amide bonds. The summed E-state index contributed by atoms with van der Waals surface area (Å²) < 4.78 is 5.95. The van der Waals surface area contributed by atoms with Gasteiger partial charge in [-0.1, -0.05) is 55.8 Å². The largest absolute Gasteiger partial charge is 0.507 e. The topological polar surface area (TPSA) is 66.8 Å². The molecule has 5 heteroatoms. The molecule has 0 radical (unpaired) electrons. The third kappa shape index (κ3) is 4.91. The van der Waals surface area contributed by atoms with Crippen LogP contribution in [0, 0.1) is 12.8 Å². The molecule has 5 rings (SSSR count). The molecule has 0 spiro atoms. The number of carbonyl (C=O) groups excluding carboxylic acids is 2. The molecule has 3 aromatic carbocycles. The first-order chi connectivity index (χ1) is 17.8. The maximum absolute atomic E-state index is 13.5. The number of hydrogen-bond acceptors (Lipinski definition) is 4. The van der Waals surface area contributed by atoms with Gasteiger partial charge in [0.05, 0.1) is 18.2 Å². The van der Waals surface area contributed by atoms with Crippen molar-refractivity contribution in [2.45, 2.75) is 52.5 Å². The number of aryl methyl sites for hydroxylation is 3. The van der Waals surface area contributed by atoms with Crippen molar-refractivity contribution >= 4 is 23.1 Å². The molecule has 1 aliphatic heterocycles. The zero-order chi connectivity index (χ0) is 26.1. The van der Waals surface area contributed by atoms with Gasteiger partial charge in [0.2, 0.25) is 0 Å². The van der Waals surface area contributed by atoms with Crippen LogP contribution >= 0.6 is 0 Å². The Morgan fingerprint density at radius 1 is 0.973 bits per heavy atom. The first-order valence-electron chi connectivity index (χ1n) is 13.1. The van der Waals surface area contributed by atoms with Crippen molar-refractivity contribution in [1.29, 1.82) is 0 Å². The lowest BCUT2D eigenvalue weighted by molar-refractivity contribution is -0.132. The molecule has 2 aliphatic rings. The summed E-state index contributed by atoms with van der Waals surface area (Å²) in [5, 5.41) is 11.5. The Kier molecular flexibility index (Phi) is 6.88. The monoisotopic (exact) mass is 495 g/mol. The van der Waals surface area contributed by atoms with Crippen molar-refractivity contribution in [1.82, 2.24) is 0 Å². The van der Waals surface area contributed by atoms with Crippen molar-refractivity contribution in [3.05, 3.63) is 100 Å². The van der Waals surface area contributed by atoms with Crippen molar-refractivity contribution in [3.63, 3.8) is 0 Å². The molecule has 0 bridgehead atoms. The number of anilines is 1. The zero-order valence-corrected chi connectivity index (χ0v) is 21.7. The quantitative estimate of drug-likeness (QED) is 0.240. The average molecular weight is 496 g/mol. The molecule has 1 unspecified atom stereocenters. The fraction of sp³-hybridized carbons (Fsp3) is 0.312. The van der Waals surface area contributed by atoms with Crippen LogP contribution in [0.4, 0.5) is 5.69 Å². The van der Waals surface area contributed by atoms with E-state index in [1.807, 2.05) is 73.7 Å². The highest BCUT2D eigenvalue weighted by Gasteiger charge is 2.47. The molecule has 37 heavy (non-hydrogen) atoms. The Labute approximate surface area is 218 Å². The van der Waals surface area contributed by atoms with Crippen LogP contribution < -0.4 is 9.64 Å². The van der Waals surface area contributed by atoms with Crippen LogP contribution in [-0.2, 0) is 22.4 Å². The minimum Gasteiger partial charge on any atom is -0.507 e. The normalized spacial score (nSPS) is 18.8. The lowest BCUT2D eigenvalue weighted by Crippen LogP contribution is -2.29. The van der Waals surface area contributed by atoms with Gasteiger partial charge in [-0.3, -0.25) is 14.5 Å². The van der Waals surface area contributed by atoms with E-state index in [4.69, 9.17) is 4.74 Å². The van der Waals surface area contributed by atoms with Crippen molar-refractivity contribution in [3.8, 4) is 5.75 Å². The van der Waals surface area contributed by atoms with E-state index in [0.717, 1.165) is 31.2 Å². The number of nitrogens with zero attached hydrogens (tertiary/aromatic N) is 1. The standard InChI is InChI=1S/C32H33NO4/c1-20(2)19-37-27-10-6-9-24(18-27)29-28(30(34)25-14-13-22-7-4-5-8-23(22)17-25)31(35)32(36)33(29)26-15-11-21(3)12-16-26/h6,9-18,20,29,34H,4-5,7-8,19H2,1-3H3/b30-28-. The highest BCUT2D eigenvalue weighted by Crippen LogP contribution is 2.43. The predicted molar refractivity (Wildman–Crippen MR) is 146 cm³/mol. The summed E-state index contributed by atoms with van der Waals surface area (Å²) in [4.78, 5) is 28.4. The van der Waals surface area contributed by atoms with Crippen LogP contribution in [0.1, 0.15) is 60.5 Å². The van der Waals surface area contributed by atoms with Crippen molar-refractivity contribution in [2.24, 2.45) is 5.92 Å². The zero-order valence-electron chi connectivity index (χ0n) is 21.7. The minimum absolute atomic E-state index is 0.0994. The highest BCUT2D eigenvalue weighted by molar-refractivity contribution is 6.51. The number of fused-ring (bicyclic) bond motifs is 1. The number of benzene rings is 3. The molecule has 1 fully saturated rings. The molecule has 1 aliphatic carbocycles. The van der Waals surface area contributed by atoms with Crippen LogP contribution in [0.15, 0.2) is 72.3 Å². The van der Waals surface area contributed by atoms with Gasteiger partial charge in [-0.15, -0.1) is 0 Å². The summed E-state index contributed by atoms with van der Waals surface area (Å²) in [7, 11) is 0. The lowest BCUT2D eigenvalue weighted by Gasteiger charge is -2.26. The molecule has 1 atom stereocenters. The minimum atomic E-state index is -0.777. The van der Waals surface area contributed by atoms with Gasteiger partial charge in [-0.05, 0) is 85.5 Å². The second-order valence-corrected chi connectivity index (χ2v) is 10.5. The van der Waals surface area contributed by atoms with E-state index in [9.17, 15) is 14.7 Å². The number of hydrogen-bond donors (Lipinski definition) is 1. The number of aliphatic hydroxyl groups is 1. The summed E-state index contributed by atoms with van der Waals surface area (Å²) in [5.41, 5.74) is 5.52. The van der Waals surface area contributed by atoms with E-state index in [1.165, 1.54) is 16.0 Å². The van der Waals surface area contributed by atoms with Crippen LogP contribution in [0.3, 0.4) is 0 Å². The van der Waals surface area contributed by atoms with Gasteiger partial charge in [-0.25, -0.2) is 0 Å². The van der Waals surface area contributed by atoms with E-state index in [0.29, 0.717) is 35.1 Å². The van der Waals surface area contributed by atoms with Crippen LogP contribution in [0.5, 0.6) is 5.75 Å². The predicted octanol–water partition coefficient (Wildman–Crippen LogP) is 6.53. The number of amides is 1. The Morgan fingerprint density at radius 3 is 2.43 bits per heavy atom. The van der Waals surface area contributed by atoms with Crippen LogP contribution in [0.25, 0.3) is 5.76 Å². The molecular formula is C32H33NO4. The first-order valence-corrected chi connectivity index (χ1v) is 13.1. The lowest BCUT2D eigenvalue weighted by atomic mass is 9.88.